The first kappa shape index (κ1) is 17.3. The highest BCUT2D eigenvalue weighted by Crippen LogP contribution is 2.12. The number of benzene rings is 1. The second kappa shape index (κ2) is 9.20. The smallest absolute Gasteiger partial charge is 0.222 e. The number of hydrogen-bond donors (Lipinski definition) is 1. The molecular weight excluding hydrogens is 262 g/mol. The van der Waals surface area contributed by atoms with Crippen LogP contribution in [0.1, 0.15) is 44.2 Å². The van der Waals surface area contributed by atoms with Gasteiger partial charge in [0.1, 0.15) is 0 Å². The molecule has 0 saturated carbocycles. The molecule has 0 bridgehead atoms. The molecule has 0 atom stereocenters. The summed E-state index contributed by atoms with van der Waals surface area (Å²) < 4.78 is 0. The van der Waals surface area contributed by atoms with E-state index < -0.39 is 0 Å². The minimum absolute atomic E-state index is 0.0722. The Balaban J connectivity index is 2.70. The molecule has 0 aromatic heterocycles. The number of hydrogen-bond acceptors (Lipinski definition) is 2. The van der Waals surface area contributed by atoms with Gasteiger partial charge in [-0.2, -0.15) is 0 Å². The second-order valence-corrected chi connectivity index (χ2v) is 5.61. The normalized spacial score (nSPS) is 10.1. The Hall–Kier alpha value is -1.79. The van der Waals surface area contributed by atoms with E-state index in [2.05, 4.69) is 25.7 Å². The van der Waals surface area contributed by atoms with Gasteiger partial charge in [0.15, 0.2) is 0 Å². The van der Waals surface area contributed by atoms with Crippen molar-refractivity contribution in [3.63, 3.8) is 0 Å². The summed E-state index contributed by atoms with van der Waals surface area (Å²) in [5.74, 6) is 6.70. The molecule has 1 amide bonds. The van der Waals surface area contributed by atoms with E-state index in [0.717, 1.165) is 17.5 Å². The van der Waals surface area contributed by atoms with Gasteiger partial charge in [-0.1, -0.05) is 43.9 Å². The molecule has 3 heteroatoms. The third-order valence-corrected chi connectivity index (χ3v) is 3.25. The SMILES string of the molecule is CC(C)CCC(=O)N(C)Cc1ccccc1C#CCCO. The lowest BCUT2D eigenvalue weighted by molar-refractivity contribution is -0.130. The zero-order valence-electron chi connectivity index (χ0n) is 13.2. The minimum atomic E-state index is 0.0722. The molecule has 0 aliphatic carbocycles. The summed E-state index contributed by atoms with van der Waals surface area (Å²) in [4.78, 5) is 13.8. The fourth-order valence-electron chi connectivity index (χ4n) is 1.94. The molecule has 114 valence electrons. The number of carbonyl (C=O) groups excluding carboxylic acids is 1. The average molecular weight is 287 g/mol. The highest BCUT2D eigenvalue weighted by atomic mass is 16.2. The van der Waals surface area contributed by atoms with Gasteiger partial charge >= 0.3 is 0 Å². The number of aliphatic hydroxyl groups is 1. The number of amides is 1. The minimum Gasteiger partial charge on any atom is -0.395 e. The highest BCUT2D eigenvalue weighted by Gasteiger charge is 2.11. The average Bonchev–Trinajstić information content (AvgIpc) is 2.46. The van der Waals surface area contributed by atoms with Crippen LogP contribution in [0.15, 0.2) is 24.3 Å². The molecule has 0 spiro atoms. The quantitative estimate of drug-likeness (QED) is 0.817. The van der Waals surface area contributed by atoms with Gasteiger partial charge in [-0.05, 0) is 24.0 Å². The van der Waals surface area contributed by atoms with E-state index in [1.807, 2.05) is 31.3 Å². The van der Waals surface area contributed by atoms with E-state index in [4.69, 9.17) is 5.11 Å². The third kappa shape index (κ3) is 6.46. The Labute approximate surface area is 128 Å². The molecule has 0 heterocycles. The van der Waals surface area contributed by atoms with Gasteiger partial charge in [0.05, 0.1) is 6.61 Å². The third-order valence-electron chi connectivity index (χ3n) is 3.25. The van der Waals surface area contributed by atoms with Gasteiger partial charge in [-0.15, -0.1) is 0 Å². The van der Waals surface area contributed by atoms with E-state index in [9.17, 15) is 4.79 Å². The van der Waals surface area contributed by atoms with Crippen molar-refractivity contribution in [2.24, 2.45) is 5.92 Å². The fourth-order valence-corrected chi connectivity index (χ4v) is 1.94. The molecule has 0 aliphatic rings. The van der Waals surface area contributed by atoms with Crippen LogP contribution in [0, 0.1) is 17.8 Å². The van der Waals surface area contributed by atoms with Crippen LogP contribution in [0.25, 0.3) is 0 Å². The predicted molar refractivity (Wildman–Crippen MR) is 85.6 cm³/mol. The summed E-state index contributed by atoms with van der Waals surface area (Å²) in [6, 6.07) is 7.84. The zero-order valence-corrected chi connectivity index (χ0v) is 13.2. The molecule has 1 rings (SSSR count). The lowest BCUT2D eigenvalue weighted by Gasteiger charge is -2.18. The number of nitrogens with zero attached hydrogens (tertiary/aromatic N) is 1. The summed E-state index contributed by atoms with van der Waals surface area (Å²) in [6.45, 7) is 4.89. The van der Waals surface area contributed by atoms with Gasteiger partial charge in [0.2, 0.25) is 5.91 Å². The number of rotatable bonds is 6. The molecule has 1 N–H and O–H groups in total. The van der Waals surface area contributed by atoms with Crippen LogP contribution in [0.4, 0.5) is 0 Å². The topological polar surface area (TPSA) is 40.5 Å². The van der Waals surface area contributed by atoms with Crippen molar-refractivity contribution in [2.45, 2.75) is 39.7 Å². The Morgan fingerprint density at radius 2 is 2.05 bits per heavy atom. The summed E-state index contributed by atoms with van der Waals surface area (Å²) in [7, 11) is 1.83. The molecule has 1 aromatic carbocycles. The van der Waals surface area contributed by atoms with Crippen molar-refractivity contribution in [1.29, 1.82) is 0 Å². The zero-order chi connectivity index (χ0) is 15.7. The molecule has 0 radical (unpaired) electrons. The van der Waals surface area contributed by atoms with Crippen LogP contribution in [-0.4, -0.2) is 29.6 Å². The molecule has 3 nitrogen and oxygen atoms in total. The van der Waals surface area contributed by atoms with Gasteiger partial charge in [-0.3, -0.25) is 4.79 Å². The molecule has 0 aliphatic heterocycles. The first-order valence-corrected chi connectivity index (χ1v) is 7.46. The largest absolute Gasteiger partial charge is 0.395 e. The monoisotopic (exact) mass is 287 g/mol. The van der Waals surface area contributed by atoms with Crippen LogP contribution in [-0.2, 0) is 11.3 Å². The van der Waals surface area contributed by atoms with E-state index in [0.29, 0.717) is 25.3 Å². The Morgan fingerprint density at radius 3 is 2.71 bits per heavy atom. The van der Waals surface area contributed by atoms with Crippen molar-refractivity contribution in [3.05, 3.63) is 35.4 Å². The fraction of sp³-hybridized carbons (Fsp3) is 0.500. The molecular formula is C18H25NO2. The first-order chi connectivity index (χ1) is 10.0. The standard InChI is InChI=1S/C18H25NO2/c1-15(2)11-12-18(21)19(3)14-17-10-5-4-8-16(17)9-6-7-13-20/h4-5,8,10,15,20H,7,11-14H2,1-3H3. The maximum Gasteiger partial charge on any atom is 0.222 e. The Bertz CT molecular complexity index is 511. The summed E-state index contributed by atoms with van der Waals surface area (Å²) in [5, 5.41) is 8.78. The molecule has 1 aromatic rings. The van der Waals surface area contributed by atoms with Crippen molar-refractivity contribution >= 4 is 5.91 Å². The number of carbonyl (C=O) groups is 1. The van der Waals surface area contributed by atoms with E-state index in [-0.39, 0.29) is 12.5 Å². The summed E-state index contributed by atoms with van der Waals surface area (Å²) in [5.41, 5.74) is 1.97. The van der Waals surface area contributed by atoms with Crippen LogP contribution in [0.2, 0.25) is 0 Å². The Kier molecular flexibility index (Phi) is 7.56. The van der Waals surface area contributed by atoms with Crippen LogP contribution >= 0.6 is 0 Å². The lowest BCUT2D eigenvalue weighted by atomic mass is 10.1. The summed E-state index contributed by atoms with van der Waals surface area (Å²) >= 11 is 0. The van der Waals surface area contributed by atoms with E-state index in [1.165, 1.54) is 0 Å². The van der Waals surface area contributed by atoms with Crippen molar-refractivity contribution in [3.8, 4) is 11.8 Å². The maximum absolute atomic E-state index is 12.1. The van der Waals surface area contributed by atoms with Crippen molar-refractivity contribution < 1.29 is 9.90 Å². The lowest BCUT2D eigenvalue weighted by Crippen LogP contribution is -2.26. The predicted octanol–water partition coefficient (Wildman–Crippen LogP) is 2.82. The molecule has 0 saturated heterocycles. The second-order valence-electron chi connectivity index (χ2n) is 5.61. The van der Waals surface area contributed by atoms with Crippen LogP contribution in [0.5, 0.6) is 0 Å². The van der Waals surface area contributed by atoms with E-state index >= 15 is 0 Å². The van der Waals surface area contributed by atoms with Crippen molar-refractivity contribution in [1.82, 2.24) is 4.90 Å². The number of aliphatic hydroxyl groups excluding tert-OH is 1. The molecule has 0 unspecified atom stereocenters. The van der Waals surface area contributed by atoms with Gasteiger partial charge in [-0.25, -0.2) is 0 Å². The van der Waals surface area contributed by atoms with Crippen LogP contribution < -0.4 is 0 Å². The molecule has 0 fully saturated rings. The molecule has 21 heavy (non-hydrogen) atoms. The maximum atomic E-state index is 12.1. The van der Waals surface area contributed by atoms with Crippen LogP contribution in [0.3, 0.4) is 0 Å². The Morgan fingerprint density at radius 1 is 1.33 bits per heavy atom. The van der Waals surface area contributed by atoms with E-state index in [1.54, 1.807) is 4.90 Å². The van der Waals surface area contributed by atoms with Gasteiger partial charge in [0.25, 0.3) is 0 Å². The highest BCUT2D eigenvalue weighted by molar-refractivity contribution is 5.75. The van der Waals surface area contributed by atoms with Crippen molar-refractivity contribution in [2.75, 3.05) is 13.7 Å². The van der Waals surface area contributed by atoms with Gasteiger partial charge in [0, 0.05) is 32.0 Å². The van der Waals surface area contributed by atoms with Gasteiger partial charge < -0.3 is 10.0 Å². The first-order valence-electron chi connectivity index (χ1n) is 7.46. The summed E-state index contributed by atoms with van der Waals surface area (Å²) in [6.07, 6.45) is 1.98.